The van der Waals surface area contributed by atoms with Gasteiger partial charge in [0.05, 0.1) is 6.61 Å². The quantitative estimate of drug-likeness (QED) is 0.179. The fraction of sp³-hybridized carbons (Fsp3) is 0.818. The van der Waals surface area contributed by atoms with Gasteiger partial charge in [0.1, 0.15) is 6.29 Å². The summed E-state index contributed by atoms with van der Waals surface area (Å²) in [7, 11) is 0. The van der Waals surface area contributed by atoms with Gasteiger partial charge in [0, 0.05) is 0 Å². The fourth-order valence-electron chi connectivity index (χ4n) is 1.25. The summed E-state index contributed by atoms with van der Waals surface area (Å²) in [6.45, 7) is 6.06. The van der Waals surface area contributed by atoms with E-state index in [1.54, 1.807) is 6.08 Å². The average molecular weight is 201 g/mol. The Morgan fingerprint density at radius 1 is 1.29 bits per heavy atom. The van der Waals surface area contributed by atoms with Gasteiger partial charge in [0.2, 0.25) is 0 Å². The van der Waals surface area contributed by atoms with Crippen molar-refractivity contribution in [3.05, 3.63) is 12.7 Å². The molecule has 3 heteroatoms. The lowest BCUT2D eigenvalue weighted by Crippen LogP contribution is -2.23. The van der Waals surface area contributed by atoms with Crippen LogP contribution in [0.1, 0.15) is 45.4 Å². The number of hydrogen-bond acceptors (Lipinski definition) is 3. The second kappa shape index (κ2) is 10.7. The normalized spacial score (nSPS) is 12.7. The molecular formula is C11H21O3-. The summed E-state index contributed by atoms with van der Waals surface area (Å²) in [6.07, 6.45) is 7.54. The van der Waals surface area contributed by atoms with E-state index < -0.39 is 6.29 Å². The number of rotatable bonds is 10. The number of ether oxygens (including phenoxy) is 1. The zero-order chi connectivity index (χ0) is 10.6. The molecule has 0 aromatic carbocycles. The number of unbranched alkanes of at least 4 members (excludes halogenated alkanes) is 4. The van der Waals surface area contributed by atoms with Crippen molar-refractivity contribution in [3.8, 4) is 0 Å². The highest BCUT2D eigenvalue weighted by Gasteiger charge is 2.03. The molecule has 0 rings (SSSR count). The van der Waals surface area contributed by atoms with Gasteiger partial charge in [-0.1, -0.05) is 38.7 Å². The van der Waals surface area contributed by atoms with E-state index in [1.807, 2.05) is 0 Å². The Morgan fingerprint density at radius 3 is 2.57 bits per heavy atom. The van der Waals surface area contributed by atoms with Crippen molar-refractivity contribution in [1.82, 2.24) is 0 Å². The smallest absolute Gasteiger partial charge is 0.148 e. The van der Waals surface area contributed by atoms with Crippen LogP contribution in [0.15, 0.2) is 12.7 Å². The van der Waals surface area contributed by atoms with Crippen molar-refractivity contribution in [2.75, 3.05) is 6.61 Å². The van der Waals surface area contributed by atoms with E-state index in [1.165, 1.54) is 19.3 Å². The lowest BCUT2D eigenvalue weighted by Gasteiger charge is -2.20. The van der Waals surface area contributed by atoms with Crippen LogP contribution >= 0.6 is 0 Å². The van der Waals surface area contributed by atoms with Gasteiger partial charge < -0.3 is 14.9 Å². The summed E-state index contributed by atoms with van der Waals surface area (Å²) in [4.78, 5) is 3.94. The minimum absolute atomic E-state index is 0.377. The Balaban J connectivity index is 3.28. The topological polar surface area (TPSA) is 41.5 Å². The SMILES string of the molecule is C=CCOC(CCCCCCC)O[O-]. The van der Waals surface area contributed by atoms with Crippen LogP contribution in [0.25, 0.3) is 0 Å². The zero-order valence-electron chi connectivity index (χ0n) is 9.04. The molecule has 0 saturated heterocycles. The first kappa shape index (κ1) is 13.6. The largest absolute Gasteiger partial charge is 0.721 e. The molecule has 0 fully saturated rings. The maximum atomic E-state index is 10.2. The lowest BCUT2D eigenvalue weighted by molar-refractivity contribution is -0.718. The van der Waals surface area contributed by atoms with Crippen LogP contribution in [0.3, 0.4) is 0 Å². The van der Waals surface area contributed by atoms with Crippen LogP contribution in [0.5, 0.6) is 0 Å². The predicted octanol–water partition coefficient (Wildman–Crippen LogP) is 2.17. The standard InChI is InChI=1S/C11H22O3/c1-3-5-6-7-8-9-11(14-12)13-10-4-2/h4,11-12H,2-3,5-10H2,1H3/p-1. The van der Waals surface area contributed by atoms with Gasteiger partial charge in [-0.3, -0.25) is 0 Å². The molecule has 0 spiro atoms. The van der Waals surface area contributed by atoms with Crippen LogP contribution in [-0.4, -0.2) is 12.9 Å². The van der Waals surface area contributed by atoms with Crippen LogP contribution in [0, 0.1) is 0 Å². The third-order valence-corrected chi connectivity index (χ3v) is 2.05. The van der Waals surface area contributed by atoms with Crippen LogP contribution in [-0.2, 0) is 9.62 Å². The fourth-order valence-corrected chi connectivity index (χ4v) is 1.25. The van der Waals surface area contributed by atoms with E-state index >= 15 is 0 Å². The highest BCUT2D eigenvalue weighted by atomic mass is 17.1. The molecule has 0 heterocycles. The van der Waals surface area contributed by atoms with E-state index in [0.29, 0.717) is 13.0 Å². The van der Waals surface area contributed by atoms with Crippen molar-refractivity contribution in [3.63, 3.8) is 0 Å². The van der Waals surface area contributed by atoms with Crippen molar-refractivity contribution >= 4 is 0 Å². The first-order valence-corrected chi connectivity index (χ1v) is 5.36. The van der Waals surface area contributed by atoms with Crippen molar-refractivity contribution in [2.45, 2.75) is 51.7 Å². The molecule has 0 aromatic rings. The molecule has 14 heavy (non-hydrogen) atoms. The molecule has 84 valence electrons. The van der Waals surface area contributed by atoms with Gasteiger partial charge >= 0.3 is 0 Å². The highest BCUT2D eigenvalue weighted by Crippen LogP contribution is 2.09. The summed E-state index contributed by atoms with van der Waals surface area (Å²) >= 11 is 0. The number of hydrogen-bond donors (Lipinski definition) is 0. The minimum Gasteiger partial charge on any atom is -0.721 e. The molecular weight excluding hydrogens is 180 g/mol. The van der Waals surface area contributed by atoms with Gasteiger partial charge in [-0.15, -0.1) is 6.58 Å². The maximum absolute atomic E-state index is 10.2. The Hall–Kier alpha value is -0.380. The van der Waals surface area contributed by atoms with Crippen molar-refractivity contribution in [1.29, 1.82) is 0 Å². The minimum atomic E-state index is -0.602. The summed E-state index contributed by atoms with van der Waals surface area (Å²) in [5.74, 6) is 0. The molecule has 0 N–H and O–H groups in total. The molecule has 0 aliphatic heterocycles. The van der Waals surface area contributed by atoms with E-state index in [0.717, 1.165) is 12.8 Å². The van der Waals surface area contributed by atoms with E-state index in [4.69, 9.17) is 4.74 Å². The first-order valence-electron chi connectivity index (χ1n) is 5.36. The molecule has 0 aromatic heterocycles. The molecule has 0 aliphatic carbocycles. The van der Waals surface area contributed by atoms with Gasteiger partial charge in [-0.25, -0.2) is 0 Å². The van der Waals surface area contributed by atoms with Gasteiger partial charge in [-0.2, -0.15) is 0 Å². The second-order valence-electron chi connectivity index (χ2n) is 3.35. The van der Waals surface area contributed by atoms with E-state index in [2.05, 4.69) is 18.4 Å². The zero-order valence-corrected chi connectivity index (χ0v) is 9.04. The van der Waals surface area contributed by atoms with E-state index in [-0.39, 0.29) is 0 Å². The lowest BCUT2D eigenvalue weighted by atomic mass is 10.1. The average Bonchev–Trinajstić information content (AvgIpc) is 2.22. The first-order chi connectivity index (χ1) is 6.85. The van der Waals surface area contributed by atoms with Gasteiger partial charge in [-0.05, 0) is 12.8 Å². The summed E-state index contributed by atoms with van der Waals surface area (Å²) in [5.41, 5.74) is 0. The Kier molecular flexibility index (Phi) is 10.4. The van der Waals surface area contributed by atoms with Crippen molar-refractivity contribution < 1.29 is 14.9 Å². The highest BCUT2D eigenvalue weighted by molar-refractivity contribution is 4.64. The molecule has 0 aliphatic rings. The molecule has 0 bridgehead atoms. The molecule has 1 atom stereocenters. The van der Waals surface area contributed by atoms with Crippen LogP contribution in [0.2, 0.25) is 0 Å². The molecule has 0 saturated carbocycles. The molecule has 0 amide bonds. The molecule has 3 nitrogen and oxygen atoms in total. The molecule has 0 radical (unpaired) electrons. The summed E-state index contributed by atoms with van der Waals surface area (Å²) < 4.78 is 5.09. The Morgan fingerprint density at radius 2 is 2.00 bits per heavy atom. The van der Waals surface area contributed by atoms with Gasteiger partial charge in [0.25, 0.3) is 0 Å². The predicted molar refractivity (Wildman–Crippen MR) is 54.4 cm³/mol. The van der Waals surface area contributed by atoms with Crippen molar-refractivity contribution in [2.24, 2.45) is 0 Å². The summed E-state index contributed by atoms with van der Waals surface area (Å²) in [6, 6.07) is 0. The van der Waals surface area contributed by atoms with Gasteiger partial charge in [0.15, 0.2) is 0 Å². The second-order valence-corrected chi connectivity index (χ2v) is 3.35. The Bertz CT molecular complexity index is 126. The summed E-state index contributed by atoms with van der Waals surface area (Å²) in [5, 5.41) is 10.2. The third-order valence-electron chi connectivity index (χ3n) is 2.05. The van der Waals surface area contributed by atoms with E-state index in [9.17, 15) is 5.26 Å². The molecule has 1 unspecified atom stereocenters. The third kappa shape index (κ3) is 8.23. The Labute approximate surface area is 86.6 Å². The maximum Gasteiger partial charge on any atom is 0.148 e. The van der Waals surface area contributed by atoms with Crippen LogP contribution in [0.4, 0.5) is 0 Å². The monoisotopic (exact) mass is 201 g/mol. The van der Waals surface area contributed by atoms with Crippen LogP contribution < -0.4 is 5.26 Å².